The Kier molecular flexibility index (Phi) is 1.57. The summed E-state index contributed by atoms with van der Waals surface area (Å²) < 4.78 is 0. The van der Waals surface area contributed by atoms with E-state index in [4.69, 9.17) is 10.2 Å². The van der Waals surface area contributed by atoms with Crippen LogP contribution in [0.3, 0.4) is 0 Å². The molecule has 1 aliphatic rings. The number of aliphatic hydroxyl groups excluding tert-OH is 1. The van der Waals surface area contributed by atoms with E-state index >= 15 is 0 Å². The number of carboxylic acid groups (broad SMARTS) is 1. The van der Waals surface area contributed by atoms with Gasteiger partial charge in [-0.15, -0.1) is 0 Å². The molecule has 0 fully saturated rings. The summed E-state index contributed by atoms with van der Waals surface area (Å²) in [5.41, 5.74) is 0. The van der Waals surface area contributed by atoms with Gasteiger partial charge < -0.3 is 10.2 Å². The normalized spacial score (nSPS) is 16.8. The maximum absolute atomic E-state index is 10.2. The Labute approximate surface area is 56.9 Å². The average molecular weight is 142 g/mol. The van der Waals surface area contributed by atoms with Gasteiger partial charge in [-0.25, -0.2) is 4.79 Å². The van der Waals surface area contributed by atoms with Crippen LogP contribution in [0.15, 0.2) is 17.0 Å². The molecule has 54 valence electrons. The molecule has 0 aromatic carbocycles. The Morgan fingerprint density at radius 2 is 2.50 bits per heavy atom. The molecule has 2 N–H and O–H groups in total. The Morgan fingerprint density at radius 1 is 1.80 bits per heavy atom. The molecule has 5 nitrogen and oxygen atoms in total. The molecule has 1 amide bonds. The van der Waals surface area contributed by atoms with Crippen LogP contribution in [0.25, 0.3) is 0 Å². The first-order valence-electron chi connectivity index (χ1n) is 2.60. The third-order valence-corrected chi connectivity index (χ3v) is 0.991. The lowest BCUT2D eigenvalue weighted by molar-refractivity contribution is 0.162. The minimum Gasteiger partial charge on any atom is -0.505 e. The van der Waals surface area contributed by atoms with E-state index in [1.165, 1.54) is 6.21 Å². The molecule has 0 saturated carbocycles. The number of nitrogens with zero attached hydrogens (tertiary/aromatic N) is 2. The first-order valence-corrected chi connectivity index (χ1v) is 2.60. The predicted molar refractivity (Wildman–Crippen MR) is 33.9 cm³/mol. The van der Waals surface area contributed by atoms with Crippen molar-refractivity contribution in [2.24, 2.45) is 4.99 Å². The van der Waals surface area contributed by atoms with Gasteiger partial charge in [-0.3, -0.25) is 9.89 Å². The maximum Gasteiger partial charge on any atom is 0.413 e. The lowest BCUT2D eigenvalue weighted by Crippen LogP contribution is -2.26. The maximum atomic E-state index is 10.2. The topological polar surface area (TPSA) is 73.1 Å². The molecular weight excluding hydrogens is 136 g/mol. The van der Waals surface area contributed by atoms with Crippen molar-refractivity contribution in [2.75, 3.05) is 6.67 Å². The fraction of sp³-hybridized carbons (Fsp3) is 0.200. The van der Waals surface area contributed by atoms with Crippen molar-refractivity contribution in [1.29, 1.82) is 0 Å². The molecular formula is C5H6N2O3. The van der Waals surface area contributed by atoms with Crippen LogP contribution in [0, 0.1) is 0 Å². The zero-order valence-electron chi connectivity index (χ0n) is 5.06. The summed E-state index contributed by atoms with van der Waals surface area (Å²) in [7, 11) is 0. The van der Waals surface area contributed by atoms with Crippen LogP contribution in [-0.4, -0.2) is 34.1 Å². The van der Waals surface area contributed by atoms with Crippen LogP contribution in [0.4, 0.5) is 4.79 Å². The van der Waals surface area contributed by atoms with Crippen molar-refractivity contribution in [2.45, 2.75) is 0 Å². The highest BCUT2D eigenvalue weighted by atomic mass is 16.4. The number of rotatable bonds is 0. The lowest BCUT2D eigenvalue weighted by atomic mass is 10.5. The van der Waals surface area contributed by atoms with Crippen molar-refractivity contribution in [1.82, 2.24) is 4.90 Å². The monoisotopic (exact) mass is 142 g/mol. The van der Waals surface area contributed by atoms with Gasteiger partial charge in [0.05, 0.1) is 12.4 Å². The van der Waals surface area contributed by atoms with E-state index in [9.17, 15) is 4.79 Å². The van der Waals surface area contributed by atoms with Gasteiger partial charge in [-0.1, -0.05) is 0 Å². The molecule has 0 spiro atoms. The van der Waals surface area contributed by atoms with Crippen molar-refractivity contribution in [3.8, 4) is 0 Å². The van der Waals surface area contributed by atoms with Gasteiger partial charge in [0.25, 0.3) is 0 Å². The van der Waals surface area contributed by atoms with E-state index in [0.717, 1.165) is 11.1 Å². The van der Waals surface area contributed by atoms with Gasteiger partial charge in [-0.05, 0) is 0 Å². The minimum atomic E-state index is -1.12. The number of amides is 1. The van der Waals surface area contributed by atoms with Gasteiger partial charge in [0.1, 0.15) is 12.4 Å². The standard InChI is InChI=1S/C5H6N2O3/c8-4-1-6-3-7(2-4)5(9)10/h1-2,8H,3H2,(H,9,10). The van der Waals surface area contributed by atoms with Crippen LogP contribution in [0.2, 0.25) is 0 Å². The van der Waals surface area contributed by atoms with E-state index in [1.807, 2.05) is 0 Å². The molecule has 1 rings (SSSR count). The fourth-order valence-corrected chi connectivity index (χ4v) is 0.572. The Bertz CT molecular complexity index is 209. The SMILES string of the molecule is O=C(O)N1C=C(O)C=NC1. The molecule has 0 saturated heterocycles. The summed E-state index contributed by atoms with van der Waals surface area (Å²) in [6, 6.07) is 0. The average Bonchev–Trinajstić information content (AvgIpc) is 1.88. The van der Waals surface area contributed by atoms with E-state index in [0.29, 0.717) is 0 Å². The van der Waals surface area contributed by atoms with Crippen molar-refractivity contribution >= 4 is 12.3 Å². The Hall–Kier alpha value is -1.52. The Balaban J connectivity index is 2.69. The second-order valence-corrected chi connectivity index (χ2v) is 1.76. The van der Waals surface area contributed by atoms with Crippen LogP contribution >= 0.6 is 0 Å². The molecule has 0 aromatic rings. The smallest absolute Gasteiger partial charge is 0.413 e. The van der Waals surface area contributed by atoms with Crippen molar-refractivity contribution in [3.63, 3.8) is 0 Å². The lowest BCUT2D eigenvalue weighted by Gasteiger charge is -2.13. The summed E-state index contributed by atoms with van der Waals surface area (Å²) in [6.45, 7) is 0.0550. The van der Waals surface area contributed by atoms with Gasteiger partial charge >= 0.3 is 6.09 Å². The van der Waals surface area contributed by atoms with Gasteiger partial charge in [0.15, 0.2) is 0 Å². The molecule has 0 aromatic heterocycles. The van der Waals surface area contributed by atoms with Crippen molar-refractivity contribution < 1.29 is 15.0 Å². The third-order valence-electron chi connectivity index (χ3n) is 0.991. The second kappa shape index (κ2) is 2.38. The third kappa shape index (κ3) is 1.25. The summed E-state index contributed by atoms with van der Waals surface area (Å²) in [4.78, 5) is 14.6. The highest BCUT2D eigenvalue weighted by molar-refractivity contribution is 5.78. The summed E-state index contributed by atoms with van der Waals surface area (Å²) >= 11 is 0. The highest BCUT2D eigenvalue weighted by Gasteiger charge is 2.10. The number of carbonyl (C=O) groups is 1. The number of hydrogen-bond acceptors (Lipinski definition) is 3. The molecule has 10 heavy (non-hydrogen) atoms. The van der Waals surface area contributed by atoms with Crippen LogP contribution in [-0.2, 0) is 0 Å². The molecule has 1 aliphatic heterocycles. The fourth-order valence-electron chi connectivity index (χ4n) is 0.572. The summed E-state index contributed by atoms with van der Waals surface area (Å²) in [6.07, 6.45) is 1.19. The van der Waals surface area contributed by atoms with Crippen molar-refractivity contribution in [3.05, 3.63) is 12.0 Å². The molecule has 0 radical (unpaired) electrons. The number of aliphatic imine (C=N–C) groups is 1. The van der Waals surface area contributed by atoms with Gasteiger partial charge in [0.2, 0.25) is 0 Å². The van der Waals surface area contributed by atoms with E-state index in [-0.39, 0.29) is 12.4 Å². The van der Waals surface area contributed by atoms with Crippen LogP contribution in [0.5, 0.6) is 0 Å². The molecule has 0 unspecified atom stereocenters. The quantitative estimate of drug-likeness (QED) is 0.514. The van der Waals surface area contributed by atoms with Gasteiger partial charge in [-0.2, -0.15) is 0 Å². The largest absolute Gasteiger partial charge is 0.505 e. The number of aliphatic hydroxyl groups is 1. The minimum absolute atomic E-state index is 0.0550. The summed E-state index contributed by atoms with van der Waals surface area (Å²) in [5.74, 6) is -0.145. The summed E-state index contributed by atoms with van der Waals surface area (Å²) in [5, 5.41) is 17.1. The zero-order valence-corrected chi connectivity index (χ0v) is 5.06. The van der Waals surface area contributed by atoms with E-state index in [2.05, 4.69) is 4.99 Å². The molecule has 5 heteroatoms. The van der Waals surface area contributed by atoms with Crippen LogP contribution < -0.4 is 0 Å². The first kappa shape index (κ1) is 6.60. The van der Waals surface area contributed by atoms with E-state index < -0.39 is 6.09 Å². The Morgan fingerprint density at radius 3 is 2.90 bits per heavy atom. The van der Waals surface area contributed by atoms with Gasteiger partial charge in [0, 0.05) is 0 Å². The number of allylic oxidation sites excluding steroid dienone is 1. The molecule has 1 heterocycles. The first-order chi connectivity index (χ1) is 4.70. The molecule has 0 bridgehead atoms. The molecule has 0 aliphatic carbocycles. The predicted octanol–water partition coefficient (Wildman–Crippen LogP) is 0.408. The molecule has 0 atom stereocenters. The zero-order chi connectivity index (χ0) is 7.56. The van der Waals surface area contributed by atoms with E-state index in [1.54, 1.807) is 0 Å². The number of hydrogen-bond donors (Lipinski definition) is 2. The highest BCUT2D eigenvalue weighted by Crippen LogP contribution is 1.99. The van der Waals surface area contributed by atoms with Crippen LogP contribution in [0.1, 0.15) is 0 Å². The second-order valence-electron chi connectivity index (χ2n) is 1.76.